The Morgan fingerprint density at radius 1 is 1.39 bits per heavy atom. The largest absolute Gasteiger partial charge is 0.461 e. The summed E-state index contributed by atoms with van der Waals surface area (Å²) >= 11 is 5.76. The maximum absolute atomic E-state index is 5.76. The van der Waals surface area contributed by atoms with E-state index in [4.69, 9.17) is 16.3 Å². The molecule has 0 amide bonds. The highest BCUT2D eigenvalue weighted by atomic mass is 35.5. The number of ether oxygens (including phenoxy) is 1. The fourth-order valence-corrected chi connectivity index (χ4v) is 1.26. The molecule has 2 aromatic heterocycles. The van der Waals surface area contributed by atoms with Crippen molar-refractivity contribution >= 4 is 17.5 Å². The minimum absolute atomic E-state index is 0.0477. The van der Waals surface area contributed by atoms with Crippen LogP contribution in [0.5, 0.6) is 6.01 Å². The van der Waals surface area contributed by atoms with Crippen molar-refractivity contribution in [3.05, 3.63) is 17.5 Å². The lowest BCUT2D eigenvalue weighted by Gasteiger charge is -2.08. The molecule has 0 aromatic carbocycles. The molecule has 0 aliphatic rings. The van der Waals surface area contributed by atoms with Crippen LogP contribution in [0.4, 0.5) is 5.95 Å². The number of rotatable bonds is 5. The lowest BCUT2D eigenvalue weighted by molar-refractivity contribution is 0.222. The molecule has 96 valence electrons. The normalized spacial score (nSPS) is 10.7. The van der Waals surface area contributed by atoms with E-state index in [1.807, 2.05) is 13.8 Å². The van der Waals surface area contributed by atoms with E-state index in [1.165, 1.54) is 6.39 Å². The van der Waals surface area contributed by atoms with Gasteiger partial charge in [0.05, 0.1) is 12.6 Å². The fraction of sp³-hybridized carbons (Fsp3) is 0.444. The monoisotopic (exact) mass is 270 g/mol. The number of nitrogens with zero attached hydrogens (tertiary/aromatic N) is 5. The van der Waals surface area contributed by atoms with E-state index in [1.54, 1.807) is 0 Å². The van der Waals surface area contributed by atoms with Crippen molar-refractivity contribution < 1.29 is 9.26 Å². The third kappa shape index (κ3) is 3.52. The third-order valence-electron chi connectivity index (χ3n) is 1.74. The average Bonchev–Trinajstić information content (AvgIpc) is 2.77. The lowest BCUT2D eigenvalue weighted by atomic mass is 10.5. The van der Waals surface area contributed by atoms with Crippen molar-refractivity contribution in [2.45, 2.75) is 26.5 Å². The van der Waals surface area contributed by atoms with Crippen LogP contribution in [0.3, 0.4) is 0 Å². The van der Waals surface area contributed by atoms with Gasteiger partial charge in [-0.2, -0.15) is 19.9 Å². The van der Waals surface area contributed by atoms with Gasteiger partial charge < -0.3 is 14.6 Å². The van der Waals surface area contributed by atoms with Crippen molar-refractivity contribution in [3.8, 4) is 6.01 Å². The summed E-state index contributed by atoms with van der Waals surface area (Å²) in [6, 6.07) is 0.167. The Balaban J connectivity index is 2.05. The quantitative estimate of drug-likeness (QED) is 0.868. The maximum Gasteiger partial charge on any atom is 0.322 e. The Kier molecular flexibility index (Phi) is 3.88. The smallest absolute Gasteiger partial charge is 0.322 e. The van der Waals surface area contributed by atoms with Gasteiger partial charge in [-0.1, -0.05) is 5.16 Å². The summed E-state index contributed by atoms with van der Waals surface area (Å²) in [5.41, 5.74) is 0. The molecular formula is C9H11ClN6O2. The van der Waals surface area contributed by atoms with Crippen LogP contribution in [-0.4, -0.2) is 31.2 Å². The van der Waals surface area contributed by atoms with E-state index >= 15 is 0 Å². The molecule has 2 rings (SSSR count). The first-order valence-corrected chi connectivity index (χ1v) is 5.58. The van der Waals surface area contributed by atoms with E-state index < -0.39 is 0 Å². The van der Waals surface area contributed by atoms with Gasteiger partial charge in [-0.15, -0.1) is 0 Å². The highest BCUT2D eigenvalue weighted by molar-refractivity contribution is 6.28. The molecule has 0 aliphatic carbocycles. The first-order valence-electron chi connectivity index (χ1n) is 5.21. The predicted octanol–water partition coefficient (Wildman–Crippen LogP) is 1.31. The van der Waals surface area contributed by atoms with Gasteiger partial charge in [-0.05, 0) is 25.4 Å². The molecule has 0 spiro atoms. The Bertz CT molecular complexity index is 504. The van der Waals surface area contributed by atoms with Crippen LogP contribution in [0, 0.1) is 0 Å². The number of halogens is 1. The first-order chi connectivity index (χ1) is 8.63. The highest BCUT2D eigenvalue weighted by Crippen LogP contribution is 2.12. The fourth-order valence-electron chi connectivity index (χ4n) is 1.10. The first kappa shape index (κ1) is 12.5. The van der Waals surface area contributed by atoms with Gasteiger partial charge in [0.2, 0.25) is 17.6 Å². The molecule has 1 N–H and O–H groups in total. The summed E-state index contributed by atoms with van der Waals surface area (Å²) in [4.78, 5) is 15.7. The average molecular weight is 271 g/mol. The predicted molar refractivity (Wildman–Crippen MR) is 62.2 cm³/mol. The molecule has 0 radical (unpaired) electrons. The van der Waals surface area contributed by atoms with Crippen LogP contribution < -0.4 is 10.1 Å². The highest BCUT2D eigenvalue weighted by Gasteiger charge is 2.08. The van der Waals surface area contributed by atoms with Crippen molar-refractivity contribution in [1.29, 1.82) is 0 Å². The molecule has 0 atom stereocenters. The SMILES string of the molecule is CC(C)Oc1nc(Cl)nc(NCc2ncon2)n1. The van der Waals surface area contributed by atoms with Crippen molar-refractivity contribution in [1.82, 2.24) is 25.1 Å². The molecule has 0 bridgehead atoms. The summed E-state index contributed by atoms with van der Waals surface area (Å²) in [6.07, 6.45) is 1.19. The van der Waals surface area contributed by atoms with Crippen LogP contribution >= 0.6 is 11.6 Å². The number of anilines is 1. The molecule has 2 heterocycles. The zero-order chi connectivity index (χ0) is 13.0. The van der Waals surface area contributed by atoms with Crippen LogP contribution in [0.15, 0.2) is 10.9 Å². The standard InChI is InChI=1S/C9H11ClN6O2/c1-5(2)18-9-14-7(10)13-8(15-9)11-3-6-12-4-17-16-6/h4-5H,3H2,1-2H3,(H,11,13,14,15). The van der Waals surface area contributed by atoms with Crippen LogP contribution in [0.25, 0.3) is 0 Å². The molecule has 0 unspecified atom stereocenters. The van der Waals surface area contributed by atoms with Gasteiger partial charge in [0.25, 0.3) is 0 Å². The molecule has 0 saturated heterocycles. The van der Waals surface area contributed by atoms with E-state index in [9.17, 15) is 0 Å². The second-order valence-electron chi connectivity index (χ2n) is 3.58. The zero-order valence-electron chi connectivity index (χ0n) is 9.79. The minimum Gasteiger partial charge on any atom is -0.461 e. The molecule has 0 aliphatic heterocycles. The van der Waals surface area contributed by atoms with Gasteiger partial charge in [-0.3, -0.25) is 0 Å². The number of aromatic nitrogens is 5. The van der Waals surface area contributed by atoms with Gasteiger partial charge in [0.15, 0.2) is 5.82 Å². The molecule has 0 saturated carbocycles. The van der Waals surface area contributed by atoms with E-state index in [0.717, 1.165) is 0 Å². The molecule has 9 heteroatoms. The minimum atomic E-state index is -0.0477. The molecule has 0 fully saturated rings. The summed E-state index contributed by atoms with van der Waals surface area (Å²) < 4.78 is 9.93. The summed E-state index contributed by atoms with van der Waals surface area (Å²) in [7, 11) is 0. The van der Waals surface area contributed by atoms with Gasteiger partial charge >= 0.3 is 6.01 Å². The maximum atomic E-state index is 5.76. The number of nitrogens with one attached hydrogen (secondary N) is 1. The summed E-state index contributed by atoms with van der Waals surface area (Å²) in [5.74, 6) is 0.772. The second kappa shape index (κ2) is 5.58. The zero-order valence-corrected chi connectivity index (χ0v) is 10.5. The van der Waals surface area contributed by atoms with Crippen molar-refractivity contribution in [2.75, 3.05) is 5.32 Å². The van der Waals surface area contributed by atoms with Crippen molar-refractivity contribution in [2.24, 2.45) is 0 Å². The summed E-state index contributed by atoms with van der Waals surface area (Å²) in [5, 5.41) is 6.58. The Morgan fingerprint density at radius 2 is 2.22 bits per heavy atom. The van der Waals surface area contributed by atoms with E-state index in [0.29, 0.717) is 12.4 Å². The van der Waals surface area contributed by atoms with Crippen LogP contribution in [0.2, 0.25) is 5.28 Å². The van der Waals surface area contributed by atoms with Gasteiger partial charge in [0.1, 0.15) is 0 Å². The Labute approximate surface area is 108 Å². The van der Waals surface area contributed by atoms with Gasteiger partial charge in [0, 0.05) is 0 Å². The number of hydrogen-bond acceptors (Lipinski definition) is 8. The third-order valence-corrected chi connectivity index (χ3v) is 1.91. The Hall–Kier alpha value is -1.96. The number of hydrogen-bond donors (Lipinski definition) is 1. The Morgan fingerprint density at radius 3 is 2.89 bits per heavy atom. The van der Waals surface area contributed by atoms with E-state index in [2.05, 4.69) is 34.9 Å². The molecule has 18 heavy (non-hydrogen) atoms. The molecular weight excluding hydrogens is 260 g/mol. The van der Waals surface area contributed by atoms with Crippen LogP contribution in [-0.2, 0) is 6.54 Å². The van der Waals surface area contributed by atoms with Crippen molar-refractivity contribution in [3.63, 3.8) is 0 Å². The second-order valence-corrected chi connectivity index (χ2v) is 3.92. The molecule has 2 aromatic rings. The van der Waals surface area contributed by atoms with E-state index in [-0.39, 0.29) is 23.3 Å². The summed E-state index contributed by atoms with van der Waals surface area (Å²) in [6.45, 7) is 4.05. The van der Waals surface area contributed by atoms with Gasteiger partial charge in [-0.25, -0.2) is 0 Å². The lowest BCUT2D eigenvalue weighted by Crippen LogP contribution is -2.11. The van der Waals surface area contributed by atoms with Crippen LogP contribution in [0.1, 0.15) is 19.7 Å². The molecule has 8 nitrogen and oxygen atoms in total. The topological polar surface area (TPSA) is 98.9 Å².